The fraction of sp³-hybridized carbons (Fsp3) is 0.520. The third-order valence-corrected chi connectivity index (χ3v) is 5.47. The van der Waals surface area contributed by atoms with Gasteiger partial charge in [0, 0.05) is 24.7 Å². The lowest BCUT2D eigenvalue weighted by atomic mass is 10.1. The molecule has 0 aromatic carbocycles. The molecule has 0 spiro atoms. The fourth-order valence-corrected chi connectivity index (χ4v) is 3.61. The molecule has 1 aliphatic carbocycles. The number of carbonyl (C=O) groups excluding carboxylic acids is 2. The average Bonchev–Trinajstić information content (AvgIpc) is 3.58. The van der Waals surface area contributed by atoms with Crippen LogP contribution in [-0.4, -0.2) is 40.7 Å². The van der Waals surface area contributed by atoms with Gasteiger partial charge >= 0.3 is 6.09 Å². The standard InChI is InChI=1S/C25H34ClN5O3/c1-16-8-13-20(30-21(16)17-9-10-17)31-23(32)18-11-12-19(26)29-22(18)27-14-6-5-7-15-28-24(33)34-25(2,3)4/h8,11-13,17H,5-7,9-10,14-15H2,1-4H3,(H,27,29)(H,28,33)(H,30,31,32). The van der Waals surface area contributed by atoms with Gasteiger partial charge in [-0.2, -0.15) is 0 Å². The van der Waals surface area contributed by atoms with Gasteiger partial charge in [0.15, 0.2) is 0 Å². The van der Waals surface area contributed by atoms with Crippen molar-refractivity contribution in [3.8, 4) is 0 Å². The highest BCUT2D eigenvalue weighted by atomic mass is 35.5. The molecule has 9 heteroatoms. The number of aryl methyl sites for hydroxylation is 1. The zero-order chi connectivity index (χ0) is 24.7. The normalized spacial score (nSPS) is 13.3. The number of anilines is 2. The highest BCUT2D eigenvalue weighted by Crippen LogP contribution is 2.40. The second-order valence-corrected chi connectivity index (χ2v) is 9.96. The van der Waals surface area contributed by atoms with E-state index in [1.807, 2.05) is 39.8 Å². The lowest BCUT2D eigenvalue weighted by molar-refractivity contribution is 0.0527. The quantitative estimate of drug-likeness (QED) is 0.294. The number of unbranched alkanes of at least 4 members (excludes halogenated alkanes) is 2. The van der Waals surface area contributed by atoms with Crippen molar-refractivity contribution in [2.24, 2.45) is 0 Å². The van der Waals surface area contributed by atoms with Gasteiger partial charge in [-0.05, 0) is 83.6 Å². The Morgan fingerprint density at radius 1 is 1.06 bits per heavy atom. The van der Waals surface area contributed by atoms with Crippen LogP contribution in [0.15, 0.2) is 24.3 Å². The zero-order valence-corrected chi connectivity index (χ0v) is 21.1. The number of hydrogen-bond acceptors (Lipinski definition) is 6. The van der Waals surface area contributed by atoms with Crippen LogP contribution in [0.3, 0.4) is 0 Å². The van der Waals surface area contributed by atoms with Gasteiger partial charge < -0.3 is 20.7 Å². The lowest BCUT2D eigenvalue weighted by Gasteiger charge is -2.19. The van der Waals surface area contributed by atoms with Crippen LogP contribution in [-0.2, 0) is 4.74 Å². The number of alkyl carbamates (subject to hydrolysis) is 1. The first-order chi connectivity index (χ1) is 16.1. The molecule has 1 fully saturated rings. The smallest absolute Gasteiger partial charge is 0.407 e. The van der Waals surface area contributed by atoms with E-state index in [0.717, 1.165) is 43.4 Å². The molecule has 0 unspecified atom stereocenters. The third-order valence-electron chi connectivity index (χ3n) is 5.26. The molecule has 0 saturated heterocycles. The van der Waals surface area contributed by atoms with E-state index in [1.165, 1.54) is 0 Å². The Balaban J connectivity index is 1.47. The molecule has 2 aromatic rings. The van der Waals surface area contributed by atoms with Crippen molar-refractivity contribution in [2.75, 3.05) is 23.7 Å². The van der Waals surface area contributed by atoms with Crippen molar-refractivity contribution in [1.29, 1.82) is 0 Å². The van der Waals surface area contributed by atoms with Gasteiger partial charge in [-0.3, -0.25) is 4.79 Å². The van der Waals surface area contributed by atoms with Crippen LogP contribution in [0, 0.1) is 6.92 Å². The highest BCUT2D eigenvalue weighted by molar-refractivity contribution is 6.29. The summed E-state index contributed by atoms with van der Waals surface area (Å²) in [6.45, 7) is 8.71. The maximum Gasteiger partial charge on any atom is 0.407 e. The maximum absolute atomic E-state index is 12.9. The monoisotopic (exact) mass is 487 g/mol. The van der Waals surface area contributed by atoms with Crippen molar-refractivity contribution < 1.29 is 14.3 Å². The molecule has 2 heterocycles. The van der Waals surface area contributed by atoms with E-state index in [1.54, 1.807) is 12.1 Å². The van der Waals surface area contributed by atoms with Crippen LogP contribution in [0.25, 0.3) is 0 Å². The SMILES string of the molecule is Cc1ccc(NC(=O)c2ccc(Cl)nc2NCCCCCNC(=O)OC(C)(C)C)nc1C1CC1. The first kappa shape index (κ1) is 25.7. The summed E-state index contributed by atoms with van der Waals surface area (Å²) in [5, 5.41) is 9.16. The molecule has 3 rings (SSSR count). The van der Waals surface area contributed by atoms with Crippen molar-refractivity contribution in [2.45, 2.75) is 71.3 Å². The number of ether oxygens (including phenoxy) is 1. The van der Waals surface area contributed by atoms with Gasteiger partial charge in [-0.15, -0.1) is 0 Å². The summed E-state index contributed by atoms with van der Waals surface area (Å²) in [6.07, 6.45) is 4.45. The van der Waals surface area contributed by atoms with Crippen molar-refractivity contribution in [1.82, 2.24) is 15.3 Å². The summed E-state index contributed by atoms with van der Waals surface area (Å²) < 4.78 is 5.21. The topological polar surface area (TPSA) is 105 Å². The Hall–Kier alpha value is -2.87. The summed E-state index contributed by atoms with van der Waals surface area (Å²) >= 11 is 6.07. The van der Waals surface area contributed by atoms with Gasteiger partial charge in [-0.1, -0.05) is 17.7 Å². The second kappa shape index (κ2) is 11.5. The van der Waals surface area contributed by atoms with Gasteiger partial charge in [0.25, 0.3) is 5.91 Å². The summed E-state index contributed by atoms with van der Waals surface area (Å²) in [5.41, 5.74) is 2.12. The van der Waals surface area contributed by atoms with E-state index in [4.69, 9.17) is 16.3 Å². The fourth-order valence-electron chi connectivity index (χ4n) is 3.46. The number of hydrogen-bond donors (Lipinski definition) is 3. The first-order valence-corrected chi connectivity index (χ1v) is 12.2. The minimum Gasteiger partial charge on any atom is -0.444 e. The first-order valence-electron chi connectivity index (χ1n) is 11.8. The van der Waals surface area contributed by atoms with Gasteiger partial charge in [-0.25, -0.2) is 14.8 Å². The Morgan fingerprint density at radius 3 is 2.50 bits per heavy atom. The molecule has 2 aromatic heterocycles. The molecule has 0 aliphatic heterocycles. The Labute approximate surface area is 206 Å². The number of nitrogens with zero attached hydrogens (tertiary/aromatic N) is 2. The van der Waals surface area contributed by atoms with E-state index >= 15 is 0 Å². The third kappa shape index (κ3) is 8.17. The molecule has 34 heavy (non-hydrogen) atoms. The van der Waals surface area contributed by atoms with Crippen LogP contribution in [0.1, 0.15) is 80.4 Å². The molecule has 1 saturated carbocycles. The summed E-state index contributed by atoms with van der Waals surface area (Å²) in [6, 6.07) is 7.07. The zero-order valence-electron chi connectivity index (χ0n) is 20.3. The number of pyridine rings is 2. The minimum atomic E-state index is -0.503. The molecule has 8 nitrogen and oxygen atoms in total. The number of aromatic nitrogens is 2. The Morgan fingerprint density at radius 2 is 1.79 bits per heavy atom. The molecule has 0 radical (unpaired) electrons. The van der Waals surface area contributed by atoms with E-state index in [-0.39, 0.29) is 5.91 Å². The van der Waals surface area contributed by atoms with E-state index in [0.29, 0.717) is 41.4 Å². The minimum absolute atomic E-state index is 0.286. The second-order valence-electron chi connectivity index (χ2n) is 9.57. The number of carbonyl (C=O) groups is 2. The number of rotatable bonds is 10. The molecule has 0 atom stereocenters. The predicted molar refractivity (Wildman–Crippen MR) is 135 cm³/mol. The van der Waals surface area contributed by atoms with E-state index < -0.39 is 11.7 Å². The lowest BCUT2D eigenvalue weighted by Crippen LogP contribution is -2.33. The molecule has 2 amide bonds. The molecule has 184 valence electrons. The summed E-state index contributed by atoms with van der Waals surface area (Å²) in [7, 11) is 0. The number of nitrogens with one attached hydrogen (secondary N) is 3. The van der Waals surface area contributed by atoms with Crippen LogP contribution in [0.4, 0.5) is 16.4 Å². The highest BCUT2D eigenvalue weighted by Gasteiger charge is 2.27. The van der Waals surface area contributed by atoms with E-state index in [9.17, 15) is 9.59 Å². The van der Waals surface area contributed by atoms with Crippen LogP contribution in [0.5, 0.6) is 0 Å². The summed E-state index contributed by atoms with van der Waals surface area (Å²) in [4.78, 5) is 33.5. The molecule has 1 aliphatic rings. The molecule has 0 bridgehead atoms. The van der Waals surface area contributed by atoms with Crippen molar-refractivity contribution in [3.63, 3.8) is 0 Å². The largest absolute Gasteiger partial charge is 0.444 e. The van der Waals surface area contributed by atoms with Gasteiger partial charge in [0.1, 0.15) is 22.4 Å². The van der Waals surface area contributed by atoms with Gasteiger partial charge in [0.05, 0.1) is 5.56 Å². The maximum atomic E-state index is 12.9. The van der Waals surface area contributed by atoms with Crippen LogP contribution < -0.4 is 16.0 Å². The Bertz CT molecular complexity index is 1020. The van der Waals surface area contributed by atoms with Crippen molar-refractivity contribution >= 4 is 35.2 Å². The van der Waals surface area contributed by atoms with Crippen LogP contribution in [0.2, 0.25) is 5.15 Å². The number of halogens is 1. The predicted octanol–water partition coefficient (Wildman–Crippen LogP) is 5.68. The molecule has 3 N–H and O–H groups in total. The number of amides is 2. The van der Waals surface area contributed by atoms with Crippen LogP contribution >= 0.6 is 11.6 Å². The molecular weight excluding hydrogens is 454 g/mol. The Kier molecular flexibility index (Phi) is 8.72. The molecular formula is C25H34ClN5O3. The van der Waals surface area contributed by atoms with Gasteiger partial charge in [0.2, 0.25) is 0 Å². The average molecular weight is 488 g/mol. The van der Waals surface area contributed by atoms with E-state index in [2.05, 4.69) is 25.9 Å². The summed E-state index contributed by atoms with van der Waals surface area (Å²) in [5.74, 6) is 1.19. The van der Waals surface area contributed by atoms with Crippen molar-refractivity contribution in [3.05, 3.63) is 46.2 Å².